The maximum absolute atomic E-state index is 11.0. The number of rotatable bonds is 1. The van der Waals surface area contributed by atoms with Crippen LogP contribution in [-0.4, -0.2) is 15.1 Å². The van der Waals surface area contributed by atoms with Crippen LogP contribution in [0, 0.1) is 5.21 Å². The first-order valence-electron chi connectivity index (χ1n) is 3.14. The molecule has 64 valence electrons. The molecule has 0 aromatic heterocycles. The largest absolute Gasteiger partial charge is 0.628 e. The summed E-state index contributed by atoms with van der Waals surface area (Å²) in [6, 6.07) is 0. The van der Waals surface area contributed by atoms with E-state index in [9.17, 15) is 9.77 Å². The van der Waals surface area contributed by atoms with Crippen molar-refractivity contribution in [3.8, 4) is 0 Å². The fourth-order valence-corrected chi connectivity index (χ4v) is 1.64. The van der Waals surface area contributed by atoms with Crippen LogP contribution in [0.2, 0.25) is 0 Å². The summed E-state index contributed by atoms with van der Waals surface area (Å²) < 4.78 is 10.8. The van der Waals surface area contributed by atoms with Crippen molar-refractivity contribution >= 4 is 7.60 Å². The fraction of sp³-hybridized carbons (Fsp3) is 0.600. The van der Waals surface area contributed by atoms with Crippen LogP contribution in [0.4, 0.5) is 0 Å². The van der Waals surface area contributed by atoms with E-state index in [1.165, 1.54) is 19.2 Å². The average Bonchev–Trinajstić information content (AvgIpc) is 2.12. The van der Waals surface area contributed by atoms with Crippen molar-refractivity contribution in [2.24, 2.45) is 0 Å². The third-order valence-corrected chi connectivity index (χ3v) is 3.65. The van der Waals surface area contributed by atoms with Gasteiger partial charge in [-0.2, -0.15) is 0 Å². The smallest absolute Gasteiger partial charge is 0.386 e. The molecule has 1 aliphatic rings. The molecule has 0 saturated carbocycles. The molecule has 0 aromatic carbocycles. The van der Waals surface area contributed by atoms with Crippen LogP contribution in [0.15, 0.2) is 12.3 Å². The summed E-state index contributed by atoms with van der Waals surface area (Å²) in [7, 11) is -4.29. The van der Waals surface area contributed by atoms with Crippen molar-refractivity contribution in [2.45, 2.75) is 18.6 Å². The zero-order valence-corrected chi connectivity index (χ0v) is 6.91. The standard InChI is InChI=1S/C5H10NO4P/c1-5(11(8,9)10)3-2-4-6(5)7/h2,4,6H,3H2,1H3,(H2,8,9,10). The first-order chi connectivity index (χ1) is 4.88. The molecule has 2 atom stereocenters. The Hall–Kier alpha value is -0.190. The van der Waals surface area contributed by atoms with Gasteiger partial charge in [0.15, 0.2) is 0 Å². The van der Waals surface area contributed by atoms with Crippen LogP contribution < -0.4 is 5.06 Å². The van der Waals surface area contributed by atoms with Gasteiger partial charge in [-0.25, -0.2) is 0 Å². The molecule has 11 heavy (non-hydrogen) atoms. The topological polar surface area (TPSA) is 85.0 Å². The van der Waals surface area contributed by atoms with Crippen molar-refractivity contribution in [3.05, 3.63) is 17.5 Å². The zero-order valence-electron chi connectivity index (χ0n) is 6.02. The fourth-order valence-electron chi connectivity index (χ4n) is 0.938. The van der Waals surface area contributed by atoms with Gasteiger partial charge in [-0.05, 0) is 6.08 Å². The highest BCUT2D eigenvalue weighted by molar-refractivity contribution is 7.53. The maximum Gasteiger partial charge on any atom is 0.386 e. The van der Waals surface area contributed by atoms with Crippen LogP contribution in [0.5, 0.6) is 0 Å². The van der Waals surface area contributed by atoms with Crippen LogP contribution in [0.1, 0.15) is 13.3 Å². The van der Waals surface area contributed by atoms with E-state index in [1.807, 2.05) is 0 Å². The van der Waals surface area contributed by atoms with Gasteiger partial charge in [0.1, 0.15) is 0 Å². The molecule has 0 saturated heterocycles. The minimum atomic E-state index is -4.29. The monoisotopic (exact) mass is 179 g/mol. The van der Waals surface area contributed by atoms with Crippen molar-refractivity contribution in [3.63, 3.8) is 0 Å². The Morgan fingerprint density at radius 1 is 1.73 bits per heavy atom. The van der Waals surface area contributed by atoms with E-state index in [2.05, 4.69) is 0 Å². The van der Waals surface area contributed by atoms with E-state index in [4.69, 9.17) is 9.79 Å². The second kappa shape index (κ2) is 2.40. The first-order valence-corrected chi connectivity index (χ1v) is 4.76. The Morgan fingerprint density at radius 3 is 2.45 bits per heavy atom. The molecule has 0 amide bonds. The Bertz CT molecular complexity index is 235. The van der Waals surface area contributed by atoms with Crippen molar-refractivity contribution in [1.82, 2.24) is 0 Å². The summed E-state index contributed by atoms with van der Waals surface area (Å²) in [6.45, 7) is 1.29. The summed E-state index contributed by atoms with van der Waals surface area (Å²) in [5, 5.41) is 8.99. The lowest BCUT2D eigenvalue weighted by Crippen LogP contribution is -3.09. The van der Waals surface area contributed by atoms with E-state index >= 15 is 0 Å². The summed E-state index contributed by atoms with van der Waals surface area (Å²) >= 11 is 0. The van der Waals surface area contributed by atoms with Gasteiger partial charge in [0.05, 0.1) is 6.20 Å². The van der Waals surface area contributed by atoms with Gasteiger partial charge < -0.3 is 20.1 Å². The minimum Gasteiger partial charge on any atom is -0.628 e. The van der Waals surface area contributed by atoms with Crippen molar-refractivity contribution in [1.29, 1.82) is 0 Å². The highest BCUT2D eigenvalue weighted by Crippen LogP contribution is 2.49. The second-order valence-corrected chi connectivity index (χ2v) is 4.86. The molecule has 1 heterocycles. The van der Waals surface area contributed by atoms with E-state index in [0.29, 0.717) is 0 Å². The molecule has 1 rings (SSSR count). The number of quaternary nitrogens is 1. The van der Waals surface area contributed by atoms with Gasteiger partial charge >= 0.3 is 7.60 Å². The highest BCUT2D eigenvalue weighted by Gasteiger charge is 2.49. The number of hydrogen-bond donors (Lipinski definition) is 3. The second-order valence-electron chi connectivity index (χ2n) is 2.79. The summed E-state index contributed by atoms with van der Waals surface area (Å²) in [4.78, 5) is 17.6. The predicted octanol–water partition coefficient (Wildman–Crippen LogP) is -0.820. The quantitative estimate of drug-likeness (QED) is 0.362. The molecule has 0 aliphatic carbocycles. The number of hydroxylamine groups is 2. The van der Waals surface area contributed by atoms with E-state index < -0.39 is 17.9 Å². The van der Waals surface area contributed by atoms with E-state index in [1.54, 1.807) is 0 Å². The van der Waals surface area contributed by atoms with Crippen molar-refractivity contribution in [2.75, 3.05) is 0 Å². The van der Waals surface area contributed by atoms with Gasteiger partial charge in [-0.15, -0.1) is 0 Å². The Kier molecular flexibility index (Phi) is 1.94. The van der Waals surface area contributed by atoms with E-state index in [-0.39, 0.29) is 6.42 Å². The lowest BCUT2D eigenvalue weighted by atomic mass is 10.3. The molecule has 2 unspecified atom stereocenters. The number of hydrogen-bond acceptors (Lipinski definition) is 2. The van der Waals surface area contributed by atoms with Crippen LogP contribution in [0.3, 0.4) is 0 Å². The molecule has 0 aromatic rings. The molecule has 0 bridgehead atoms. The van der Waals surface area contributed by atoms with Crippen LogP contribution in [0.25, 0.3) is 0 Å². The van der Waals surface area contributed by atoms with Gasteiger partial charge in [-0.3, -0.25) is 4.57 Å². The van der Waals surface area contributed by atoms with Crippen molar-refractivity contribution < 1.29 is 19.4 Å². The van der Waals surface area contributed by atoms with Crippen LogP contribution >= 0.6 is 7.60 Å². The van der Waals surface area contributed by atoms with Gasteiger partial charge in [0.2, 0.25) is 5.28 Å². The molecule has 5 nitrogen and oxygen atoms in total. The molecular formula is C5H10NO4P. The summed E-state index contributed by atoms with van der Waals surface area (Å²) in [5.74, 6) is 0. The average molecular weight is 179 g/mol. The molecule has 0 spiro atoms. The maximum atomic E-state index is 11.0. The predicted molar refractivity (Wildman–Crippen MR) is 38.5 cm³/mol. The van der Waals surface area contributed by atoms with Gasteiger partial charge in [-0.1, -0.05) is 0 Å². The third kappa shape index (κ3) is 1.26. The Labute approximate surface area is 64.1 Å². The summed E-state index contributed by atoms with van der Waals surface area (Å²) in [5.41, 5.74) is 0. The lowest BCUT2D eigenvalue weighted by molar-refractivity contribution is -0.827. The molecule has 3 N–H and O–H groups in total. The zero-order chi connectivity index (χ0) is 8.70. The SMILES string of the molecule is CC1(P(=O)(O)O)CC=C[NH+]1[O-]. The molecular weight excluding hydrogens is 169 g/mol. The lowest BCUT2D eigenvalue weighted by Gasteiger charge is -2.33. The minimum absolute atomic E-state index is 0.135. The first kappa shape index (κ1) is 8.90. The van der Waals surface area contributed by atoms with Gasteiger partial charge in [0, 0.05) is 13.3 Å². The molecule has 0 radical (unpaired) electrons. The molecule has 1 aliphatic heterocycles. The normalized spacial score (nSPS) is 38.0. The van der Waals surface area contributed by atoms with Crippen LogP contribution in [-0.2, 0) is 4.57 Å². The number of nitrogens with one attached hydrogen (secondary N) is 1. The van der Waals surface area contributed by atoms with Gasteiger partial charge in [0.25, 0.3) is 0 Å². The Morgan fingerprint density at radius 2 is 2.27 bits per heavy atom. The third-order valence-electron chi connectivity index (χ3n) is 1.96. The molecule has 0 fully saturated rings. The van der Waals surface area contributed by atoms with E-state index in [0.717, 1.165) is 0 Å². The molecule has 6 heteroatoms. The summed E-state index contributed by atoms with van der Waals surface area (Å²) in [6.07, 6.45) is 2.84. The highest BCUT2D eigenvalue weighted by atomic mass is 31.2. The Balaban J connectivity index is 2.94.